The summed E-state index contributed by atoms with van der Waals surface area (Å²) in [5.41, 5.74) is 5.68. The summed E-state index contributed by atoms with van der Waals surface area (Å²) in [5, 5.41) is 1.08. The molecular weight excluding hydrogens is 208 g/mol. The highest BCUT2D eigenvalue weighted by molar-refractivity contribution is 7.12. The first-order chi connectivity index (χ1) is 7.18. The van der Waals surface area contributed by atoms with E-state index in [2.05, 4.69) is 4.98 Å². The van der Waals surface area contributed by atoms with Crippen LogP contribution in [-0.2, 0) is 10.3 Å². The minimum absolute atomic E-state index is 0.123. The van der Waals surface area contributed by atoms with E-state index in [-0.39, 0.29) is 5.60 Å². The van der Waals surface area contributed by atoms with Gasteiger partial charge in [-0.15, -0.1) is 11.3 Å². The number of anilines is 1. The molecule has 0 unspecified atom stereocenters. The number of nitrogens with zero attached hydrogens (tertiary/aromatic N) is 1. The minimum atomic E-state index is -0.123. The lowest BCUT2D eigenvalue weighted by atomic mass is 10.0. The Balaban J connectivity index is 2.31. The molecule has 1 fully saturated rings. The summed E-state index contributed by atoms with van der Waals surface area (Å²) in [6, 6.07) is 0. The maximum absolute atomic E-state index is 5.94. The molecule has 0 radical (unpaired) electrons. The van der Waals surface area contributed by atoms with E-state index in [1.54, 1.807) is 11.3 Å². The van der Waals surface area contributed by atoms with E-state index in [1.807, 2.05) is 13.8 Å². The molecule has 0 aromatic carbocycles. The second-order valence-electron chi connectivity index (χ2n) is 4.09. The standard InChI is InChI=1S/C11H18N2OS/c1-3-14-11(6-4-5-7-11)10-13-9(12)8(2)15-10/h3-7,12H2,1-2H3. The van der Waals surface area contributed by atoms with Gasteiger partial charge in [0, 0.05) is 11.5 Å². The first-order valence-electron chi connectivity index (χ1n) is 5.55. The van der Waals surface area contributed by atoms with Crippen LogP contribution >= 0.6 is 11.3 Å². The van der Waals surface area contributed by atoms with Crippen LogP contribution in [0.25, 0.3) is 0 Å². The van der Waals surface area contributed by atoms with E-state index in [1.165, 1.54) is 12.8 Å². The van der Waals surface area contributed by atoms with E-state index >= 15 is 0 Å². The summed E-state index contributed by atoms with van der Waals surface area (Å²) in [4.78, 5) is 5.56. The molecule has 0 bridgehead atoms. The Bertz CT molecular complexity index is 323. The summed E-state index contributed by atoms with van der Waals surface area (Å²) >= 11 is 1.69. The van der Waals surface area contributed by atoms with Crippen LogP contribution in [0.4, 0.5) is 5.82 Å². The zero-order valence-corrected chi connectivity index (χ0v) is 10.2. The summed E-state index contributed by atoms with van der Waals surface area (Å²) in [7, 11) is 0. The van der Waals surface area contributed by atoms with E-state index < -0.39 is 0 Å². The van der Waals surface area contributed by atoms with Gasteiger partial charge in [0.2, 0.25) is 0 Å². The third-order valence-electron chi connectivity index (χ3n) is 3.05. The van der Waals surface area contributed by atoms with Crippen molar-refractivity contribution in [2.45, 2.75) is 45.1 Å². The lowest BCUT2D eigenvalue weighted by molar-refractivity contribution is -0.0390. The molecule has 1 aromatic heterocycles. The smallest absolute Gasteiger partial charge is 0.137 e. The number of nitrogens with two attached hydrogens (primary N) is 1. The summed E-state index contributed by atoms with van der Waals surface area (Å²) in [6.07, 6.45) is 4.65. The van der Waals surface area contributed by atoms with Crippen LogP contribution in [0.1, 0.15) is 42.5 Å². The largest absolute Gasteiger partial charge is 0.383 e. The molecule has 1 aliphatic carbocycles. The van der Waals surface area contributed by atoms with Crippen LogP contribution in [0.3, 0.4) is 0 Å². The zero-order valence-electron chi connectivity index (χ0n) is 9.38. The Morgan fingerprint density at radius 3 is 2.60 bits per heavy atom. The summed E-state index contributed by atoms with van der Waals surface area (Å²) in [5.74, 6) is 0.668. The molecule has 4 heteroatoms. The van der Waals surface area contributed by atoms with E-state index in [0.717, 1.165) is 29.3 Å². The predicted octanol–water partition coefficient (Wildman–Crippen LogP) is 2.84. The number of thiazole rings is 1. The molecule has 0 spiro atoms. The van der Waals surface area contributed by atoms with E-state index in [4.69, 9.17) is 10.5 Å². The number of hydrogen-bond acceptors (Lipinski definition) is 4. The van der Waals surface area contributed by atoms with Crippen molar-refractivity contribution in [2.24, 2.45) is 0 Å². The predicted molar refractivity (Wildman–Crippen MR) is 63.0 cm³/mol. The fourth-order valence-electron chi connectivity index (χ4n) is 2.25. The average Bonchev–Trinajstić information content (AvgIpc) is 2.77. The summed E-state index contributed by atoms with van der Waals surface area (Å²) < 4.78 is 5.94. The molecule has 0 amide bonds. The second-order valence-corrected chi connectivity index (χ2v) is 5.30. The molecule has 1 aliphatic rings. The molecule has 84 valence electrons. The highest BCUT2D eigenvalue weighted by Gasteiger charge is 2.39. The van der Waals surface area contributed by atoms with Crippen molar-refractivity contribution < 1.29 is 4.74 Å². The Labute approximate surface area is 94.7 Å². The van der Waals surface area contributed by atoms with Crippen LogP contribution in [0.2, 0.25) is 0 Å². The van der Waals surface area contributed by atoms with Gasteiger partial charge in [0.25, 0.3) is 0 Å². The van der Waals surface area contributed by atoms with Gasteiger partial charge in [0.15, 0.2) is 0 Å². The Morgan fingerprint density at radius 1 is 1.47 bits per heavy atom. The molecule has 15 heavy (non-hydrogen) atoms. The SMILES string of the molecule is CCOC1(c2nc(N)c(C)s2)CCCC1. The van der Waals surface area contributed by atoms with Crippen molar-refractivity contribution in [3.63, 3.8) is 0 Å². The van der Waals surface area contributed by atoms with Gasteiger partial charge < -0.3 is 10.5 Å². The van der Waals surface area contributed by atoms with Crippen molar-refractivity contribution in [2.75, 3.05) is 12.3 Å². The molecule has 0 atom stereocenters. The van der Waals surface area contributed by atoms with Gasteiger partial charge in [-0.1, -0.05) is 12.8 Å². The van der Waals surface area contributed by atoms with Crippen molar-refractivity contribution in [3.05, 3.63) is 9.88 Å². The molecule has 2 rings (SSSR count). The molecule has 1 saturated carbocycles. The normalized spacial score (nSPS) is 19.6. The van der Waals surface area contributed by atoms with Crippen molar-refractivity contribution >= 4 is 17.2 Å². The van der Waals surface area contributed by atoms with Crippen LogP contribution in [0.5, 0.6) is 0 Å². The van der Waals surface area contributed by atoms with Crippen LogP contribution in [0, 0.1) is 6.92 Å². The quantitative estimate of drug-likeness (QED) is 0.862. The third-order valence-corrected chi connectivity index (χ3v) is 4.23. The average molecular weight is 226 g/mol. The van der Waals surface area contributed by atoms with Crippen LogP contribution < -0.4 is 5.73 Å². The van der Waals surface area contributed by atoms with Gasteiger partial charge in [-0.25, -0.2) is 4.98 Å². The Morgan fingerprint density at radius 2 is 2.13 bits per heavy atom. The molecule has 0 saturated heterocycles. The van der Waals surface area contributed by atoms with Crippen molar-refractivity contribution in [3.8, 4) is 0 Å². The molecule has 0 aliphatic heterocycles. The number of nitrogen functional groups attached to an aromatic ring is 1. The van der Waals surface area contributed by atoms with Crippen molar-refractivity contribution in [1.82, 2.24) is 4.98 Å². The molecule has 1 heterocycles. The van der Waals surface area contributed by atoms with Crippen LogP contribution in [-0.4, -0.2) is 11.6 Å². The topological polar surface area (TPSA) is 48.1 Å². The molecule has 3 nitrogen and oxygen atoms in total. The highest BCUT2D eigenvalue weighted by atomic mass is 32.1. The van der Waals surface area contributed by atoms with Crippen LogP contribution in [0.15, 0.2) is 0 Å². The zero-order chi connectivity index (χ0) is 10.9. The fourth-order valence-corrected chi connectivity index (χ4v) is 3.28. The highest BCUT2D eigenvalue weighted by Crippen LogP contribution is 2.44. The first-order valence-corrected chi connectivity index (χ1v) is 6.37. The maximum atomic E-state index is 5.94. The maximum Gasteiger partial charge on any atom is 0.137 e. The molecule has 1 aromatic rings. The molecule has 2 N–H and O–H groups in total. The number of ether oxygens (including phenoxy) is 1. The Hall–Kier alpha value is -0.610. The number of hydrogen-bond donors (Lipinski definition) is 1. The number of rotatable bonds is 3. The van der Waals surface area contributed by atoms with Gasteiger partial charge in [0.05, 0.1) is 0 Å². The first kappa shape index (κ1) is 10.9. The second kappa shape index (κ2) is 4.10. The van der Waals surface area contributed by atoms with Gasteiger partial charge in [-0.05, 0) is 26.7 Å². The van der Waals surface area contributed by atoms with Gasteiger partial charge in [-0.3, -0.25) is 0 Å². The minimum Gasteiger partial charge on any atom is -0.383 e. The monoisotopic (exact) mass is 226 g/mol. The van der Waals surface area contributed by atoms with E-state index in [0.29, 0.717) is 5.82 Å². The van der Waals surface area contributed by atoms with Gasteiger partial charge in [-0.2, -0.15) is 0 Å². The molecular formula is C11H18N2OS. The third kappa shape index (κ3) is 1.88. The van der Waals surface area contributed by atoms with Gasteiger partial charge in [0.1, 0.15) is 16.4 Å². The summed E-state index contributed by atoms with van der Waals surface area (Å²) in [6.45, 7) is 4.81. The van der Waals surface area contributed by atoms with Gasteiger partial charge >= 0.3 is 0 Å². The number of aromatic nitrogens is 1. The van der Waals surface area contributed by atoms with E-state index in [9.17, 15) is 0 Å². The fraction of sp³-hybridized carbons (Fsp3) is 0.727. The Kier molecular flexibility index (Phi) is 2.98. The number of aryl methyl sites for hydroxylation is 1. The lowest BCUT2D eigenvalue weighted by Crippen LogP contribution is -2.25. The van der Waals surface area contributed by atoms with Crippen molar-refractivity contribution in [1.29, 1.82) is 0 Å². The lowest BCUT2D eigenvalue weighted by Gasteiger charge is -2.26.